The van der Waals surface area contributed by atoms with Crippen molar-refractivity contribution in [2.75, 3.05) is 5.75 Å². The molecule has 0 spiro atoms. The van der Waals surface area contributed by atoms with Crippen LogP contribution in [-0.4, -0.2) is 22.5 Å². The van der Waals surface area contributed by atoms with Gasteiger partial charge in [-0.15, -0.1) is 0 Å². The molecule has 0 radical (unpaired) electrons. The van der Waals surface area contributed by atoms with Gasteiger partial charge in [-0.2, -0.15) is 0 Å². The SMILES string of the molecule is CCc1cc2c(cc1C(=O)CSc1ncccc1C(=O)[O-])C(C)(C)CCC2(C)C. The van der Waals surface area contributed by atoms with Crippen LogP contribution in [0.2, 0.25) is 0 Å². The van der Waals surface area contributed by atoms with Crippen molar-refractivity contribution in [1.82, 2.24) is 4.98 Å². The van der Waals surface area contributed by atoms with Crippen LogP contribution in [0.3, 0.4) is 0 Å². The Bertz CT molecular complexity index is 963. The van der Waals surface area contributed by atoms with Crippen LogP contribution in [0.1, 0.15) is 84.9 Å². The predicted molar refractivity (Wildman–Crippen MR) is 115 cm³/mol. The molecule has 0 bridgehead atoms. The van der Waals surface area contributed by atoms with E-state index in [1.807, 2.05) is 0 Å². The molecule has 1 aliphatic rings. The molecule has 0 fully saturated rings. The molecule has 1 aromatic carbocycles. The largest absolute Gasteiger partial charge is 0.545 e. The Morgan fingerprint density at radius 3 is 2.28 bits per heavy atom. The number of thioether (sulfide) groups is 1. The standard InChI is InChI=1S/C24H29NO3S/c1-6-15-12-18-19(24(4,5)10-9-23(18,2)3)13-17(15)20(26)14-29-21-16(22(27)28)8-7-11-25-21/h7-8,11-13H,6,9-10,14H2,1-5H3,(H,27,28)/p-1. The third-order valence-electron chi connectivity index (χ3n) is 6.09. The highest BCUT2D eigenvalue weighted by atomic mass is 32.2. The van der Waals surface area contributed by atoms with Crippen molar-refractivity contribution in [3.8, 4) is 0 Å². The van der Waals surface area contributed by atoms with E-state index < -0.39 is 5.97 Å². The van der Waals surface area contributed by atoms with Crippen LogP contribution >= 0.6 is 11.8 Å². The highest BCUT2D eigenvalue weighted by Crippen LogP contribution is 2.46. The zero-order chi connectivity index (χ0) is 21.4. The van der Waals surface area contributed by atoms with Crippen molar-refractivity contribution < 1.29 is 14.7 Å². The summed E-state index contributed by atoms with van der Waals surface area (Å²) in [5.74, 6) is -1.13. The fourth-order valence-corrected chi connectivity index (χ4v) is 4.95. The van der Waals surface area contributed by atoms with E-state index in [0.29, 0.717) is 5.03 Å². The first-order chi connectivity index (χ1) is 13.6. The van der Waals surface area contributed by atoms with Crippen LogP contribution < -0.4 is 5.11 Å². The number of fused-ring (bicyclic) bond motifs is 1. The lowest BCUT2D eigenvalue weighted by Gasteiger charge is -2.42. The number of benzene rings is 1. The fourth-order valence-electron chi connectivity index (χ4n) is 4.08. The van der Waals surface area contributed by atoms with E-state index in [2.05, 4.69) is 51.7 Å². The van der Waals surface area contributed by atoms with Crippen LogP contribution in [0.15, 0.2) is 35.5 Å². The summed E-state index contributed by atoms with van der Waals surface area (Å²) < 4.78 is 0. The highest BCUT2D eigenvalue weighted by Gasteiger charge is 2.38. The topological polar surface area (TPSA) is 70.1 Å². The number of rotatable bonds is 6. The summed E-state index contributed by atoms with van der Waals surface area (Å²) in [5, 5.41) is 11.6. The molecule has 154 valence electrons. The summed E-state index contributed by atoms with van der Waals surface area (Å²) in [7, 11) is 0. The Labute approximate surface area is 177 Å². The Hall–Kier alpha value is -2.14. The maximum atomic E-state index is 13.1. The van der Waals surface area contributed by atoms with E-state index in [4.69, 9.17) is 0 Å². The number of Topliss-reactive ketones (excluding diaryl/α,β-unsaturated/α-hetero) is 1. The molecular weight excluding hydrogens is 382 g/mol. The molecule has 0 aliphatic heterocycles. The van der Waals surface area contributed by atoms with Crippen LogP contribution in [0.4, 0.5) is 0 Å². The quantitative estimate of drug-likeness (QED) is 0.524. The van der Waals surface area contributed by atoms with Crippen LogP contribution in [-0.2, 0) is 17.3 Å². The van der Waals surface area contributed by atoms with Gasteiger partial charge in [0.05, 0.1) is 11.7 Å². The first kappa shape index (κ1) is 21.6. The maximum Gasteiger partial charge on any atom is 0.173 e. The van der Waals surface area contributed by atoms with Crippen molar-refractivity contribution in [3.05, 3.63) is 58.3 Å². The minimum absolute atomic E-state index is 0.00350. The summed E-state index contributed by atoms with van der Waals surface area (Å²) in [6.45, 7) is 11.1. The Kier molecular flexibility index (Phi) is 5.91. The lowest BCUT2D eigenvalue weighted by Crippen LogP contribution is -2.34. The van der Waals surface area contributed by atoms with Gasteiger partial charge in [-0.05, 0) is 65.0 Å². The number of aryl methyl sites for hydroxylation is 1. The van der Waals surface area contributed by atoms with Crippen LogP contribution in [0.25, 0.3) is 0 Å². The lowest BCUT2D eigenvalue weighted by atomic mass is 9.62. The van der Waals surface area contributed by atoms with Gasteiger partial charge in [-0.25, -0.2) is 4.98 Å². The number of hydrogen-bond donors (Lipinski definition) is 0. The van der Waals surface area contributed by atoms with E-state index >= 15 is 0 Å². The zero-order valence-electron chi connectivity index (χ0n) is 17.8. The molecule has 0 atom stereocenters. The van der Waals surface area contributed by atoms with Gasteiger partial charge in [0, 0.05) is 17.3 Å². The summed E-state index contributed by atoms with van der Waals surface area (Å²) >= 11 is 1.15. The van der Waals surface area contributed by atoms with Gasteiger partial charge in [0.25, 0.3) is 0 Å². The maximum absolute atomic E-state index is 13.1. The number of ketones is 1. The molecule has 29 heavy (non-hydrogen) atoms. The summed E-state index contributed by atoms with van der Waals surface area (Å²) in [6, 6.07) is 7.33. The normalized spacial score (nSPS) is 16.9. The first-order valence-corrected chi connectivity index (χ1v) is 11.1. The molecule has 2 aromatic rings. The fraction of sp³-hybridized carbons (Fsp3) is 0.458. The molecular formula is C24H28NO3S-. The molecule has 0 N–H and O–H groups in total. The van der Waals surface area contributed by atoms with Crippen molar-refractivity contribution in [1.29, 1.82) is 0 Å². The highest BCUT2D eigenvalue weighted by molar-refractivity contribution is 8.00. The van der Waals surface area contributed by atoms with Gasteiger partial charge < -0.3 is 9.90 Å². The smallest absolute Gasteiger partial charge is 0.173 e. The summed E-state index contributed by atoms with van der Waals surface area (Å²) in [4.78, 5) is 28.5. The van der Waals surface area contributed by atoms with E-state index in [9.17, 15) is 14.7 Å². The molecule has 1 aromatic heterocycles. The minimum atomic E-state index is -1.28. The van der Waals surface area contributed by atoms with E-state index in [0.717, 1.165) is 42.2 Å². The van der Waals surface area contributed by atoms with E-state index in [-0.39, 0.29) is 27.9 Å². The van der Waals surface area contributed by atoms with E-state index in [1.54, 1.807) is 6.07 Å². The van der Waals surface area contributed by atoms with Crippen LogP contribution in [0, 0.1) is 0 Å². The van der Waals surface area contributed by atoms with Gasteiger partial charge in [-0.3, -0.25) is 4.79 Å². The number of nitrogens with zero attached hydrogens (tertiary/aromatic N) is 1. The van der Waals surface area contributed by atoms with Crippen molar-refractivity contribution >= 4 is 23.5 Å². The van der Waals surface area contributed by atoms with Gasteiger partial charge in [-0.1, -0.05) is 52.4 Å². The number of carbonyl (C=O) groups is 2. The van der Waals surface area contributed by atoms with E-state index in [1.165, 1.54) is 23.4 Å². The van der Waals surface area contributed by atoms with Crippen molar-refractivity contribution in [2.24, 2.45) is 0 Å². The average molecular weight is 411 g/mol. The molecule has 1 heterocycles. The Balaban J connectivity index is 1.95. The zero-order valence-corrected chi connectivity index (χ0v) is 18.6. The minimum Gasteiger partial charge on any atom is -0.545 e. The second-order valence-corrected chi connectivity index (χ2v) is 10.00. The molecule has 0 saturated carbocycles. The van der Waals surface area contributed by atoms with Gasteiger partial charge >= 0.3 is 0 Å². The van der Waals surface area contributed by atoms with Gasteiger partial charge in [0.1, 0.15) is 5.03 Å². The molecule has 5 heteroatoms. The van der Waals surface area contributed by atoms with Crippen molar-refractivity contribution in [2.45, 2.75) is 69.7 Å². The molecule has 1 aliphatic carbocycles. The van der Waals surface area contributed by atoms with Crippen molar-refractivity contribution in [3.63, 3.8) is 0 Å². The summed E-state index contributed by atoms with van der Waals surface area (Å²) in [6.07, 6.45) is 4.53. The number of carboxylic acids is 1. The third-order valence-corrected chi connectivity index (χ3v) is 7.09. The monoisotopic (exact) mass is 410 g/mol. The van der Waals surface area contributed by atoms with Gasteiger partial charge in [0.2, 0.25) is 0 Å². The molecule has 0 amide bonds. The Morgan fingerprint density at radius 1 is 1.07 bits per heavy atom. The molecule has 3 rings (SSSR count). The lowest BCUT2D eigenvalue weighted by molar-refractivity contribution is -0.255. The van der Waals surface area contributed by atoms with Gasteiger partial charge in [0.15, 0.2) is 5.78 Å². The number of pyridine rings is 1. The third kappa shape index (κ3) is 4.25. The molecule has 0 unspecified atom stereocenters. The second-order valence-electron chi connectivity index (χ2n) is 9.03. The number of aromatic carboxylic acids is 1. The van der Waals surface area contributed by atoms with Crippen LogP contribution in [0.5, 0.6) is 0 Å². The second kappa shape index (κ2) is 7.94. The first-order valence-electron chi connectivity index (χ1n) is 10.1. The predicted octanol–water partition coefficient (Wildman–Crippen LogP) is 4.33. The number of carbonyl (C=O) groups excluding carboxylic acids is 2. The average Bonchev–Trinajstić information content (AvgIpc) is 2.69. The number of hydrogen-bond acceptors (Lipinski definition) is 5. The number of carboxylic acid groups (broad SMARTS) is 1. The molecule has 4 nitrogen and oxygen atoms in total. The molecule has 0 saturated heterocycles. The number of aromatic nitrogens is 1. The summed E-state index contributed by atoms with van der Waals surface area (Å²) in [5.41, 5.74) is 4.56. The Morgan fingerprint density at radius 2 is 1.69 bits per heavy atom.